The molecule has 0 unspecified atom stereocenters. The van der Waals surface area contributed by atoms with Gasteiger partial charge in [-0.3, -0.25) is 9.59 Å². The maximum atomic E-state index is 11.5. The zero-order valence-corrected chi connectivity index (χ0v) is 10.0. The van der Waals surface area contributed by atoms with Crippen LogP contribution in [0.15, 0.2) is 18.2 Å². The van der Waals surface area contributed by atoms with Crippen LogP contribution in [0.3, 0.4) is 0 Å². The summed E-state index contributed by atoms with van der Waals surface area (Å²) in [5, 5.41) is 0. The Labute approximate surface area is 100 Å². The average molecular weight is 233 g/mol. The third kappa shape index (κ3) is 2.30. The van der Waals surface area contributed by atoms with Crippen LogP contribution >= 0.6 is 0 Å². The van der Waals surface area contributed by atoms with Crippen LogP contribution in [0.1, 0.15) is 18.1 Å². The van der Waals surface area contributed by atoms with Crippen molar-refractivity contribution in [2.24, 2.45) is 0 Å². The molecule has 4 nitrogen and oxygen atoms in total. The van der Waals surface area contributed by atoms with Crippen molar-refractivity contribution in [1.82, 2.24) is 0 Å². The molecule has 0 N–H and O–H groups in total. The lowest BCUT2D eigenvalue weighted by atomic mass is 10.1. The predicted octanol–water partition coefficient (Wildman–Crippen LogP) is 1.31. The summed E-state index contributed by atoms with van der Waals surface area (Å²) in [6, 6.07) is 5.66. The summed E-state index contributed by atoms with van der Waals surface area (Å²) in [5.41, 5.74) is 2.81. The van der Waals surface area contributed by atoms with Crippen LogP contribution in [0, 0.1) is 0 Å². The summed E-state index contributed by atoms with van der Waals surface area (Å²) in [6.45, 7) is 2.18. The lowest BCUT2D eigenvalue weighted by Crippen LogP contribution is -2.20. The Morgan fingerprint density at radius 2 is 2.24 bits per heavy atom. The molecule has 0 atom stereocenters. The lowest BCUT2D eigenvalue weighted by Gasteiger charge is -2.10. The van der Waals surface area contributed by atoms with Crippen LogP contribution in [0.25, 0.3) is 0 Å². The molecule has 0 saturated heterocycles. The molecule has 0 aromatic heterocycles. The van der Waals surface area contributed by atoms with Gasteiger partial charge in [0.1, 0.15) is 0 Å². The van der Waals surface area contributed by atoms with Crippen molar-refractivity contribution in [3.8, 4) is 0 Å². The number of hydrogen-bond acceptors (Lipinski definition) is 3. The SMILES string of the molecule is CCOC(=O)Cc1ccc2c(c1)CC(=O)N2C. The molecule has 0 saturated carbocycles. The van der Waals surface area contributed by atoms with E-state index < -0.39 is 0 Å². The number of anilines is 1. The number of rotatable bonds is 3. The molecule has 1 aliphatic heterocycles. The molecule has 1 amide bonds. The van der Waals surface area contributed by atoms with Crippen LogP contribution in [0.2, 0.25) is 0 Å². The van der Waals surface area contributed by atoms with E-state index in [1.165, 1.54) is 0 Å². The van der Waals surface area contributed by atoms with Gasteiger partial charge >= 0.3 is 5.97 Å². The van der Waals surface area contributed by atoms with Crippen molar-refractivity contribution in [2.45, 2.75) is 19.8 Å². The van der Waals surface area contributed by atoms with Crippen molar-refractivity contribution >= 4 is 17.6 Å². The summed E-state index contributed by atoms with van der Waals surface area (Å²) in [7, 11) is 1.76. The molecule has 1 aromatic rings. The fourth-order valence-electron chi connectivity index (χ4n) is 2.01. The first-order valence-corrected chi connectivity index (χ1v) is 5.65. The Kier molecular flexibility index (Phi) is 3.13. The van der Waals surface area contributed by atoms with Gasteiger partial charge in [0.25, 0.3) is 0 Å². The molecule has 2 rings (SSSR count). The molecule has 0 spiro atoms. The monoisotopic (exact) mass is 233 g/mol. The van der Waals surface area contributed by atoms with Gasteiger partial charge in [0.15, 0.2) is 0 Å². The molecule has 17 heavy (non-hydrogen) atoms. The highest BCUT2D eigenvalue weighted by Gasteiger charge is 2.24. The minimum atomic E-state index is -0.231. The van der Waals surface area contributed by atoms with Crippen molar-refractivity contribution in [1.29, 1.82) is 0 Å². The second kappa shape index (κ2) is 4.57. The molecule has 0 bridgehead atoms. The number of esters is 1. The van der Waals surface area contributed by atoms with Gasteiger partial charge in [0.2, 0.25) is 5.91 Å². The summed E-state index contributed by atoms with van der Waals surface area (Å²) >= 11 is 0. The Bertz CT molecular complexity index is 468. The van der Waals surface area contributed by atoms with Crippen LogP contribution in [-0.4, -0.2) is 25.5 Å². The Balaban J connectivity index is 2.16. The Morgan fingerprint density at radius 1 is 1.47 bits per heavy atom. The van der Waals surface area contributed by atoms with Gasteiger partial charge in [-0.05, 0) is 24.1 Å². The molecule has 1 aromatic carbocycles. The van der Waals surface area contributed by atoms with Crippen molar-refractivity contribution in [2.75, 3.05) is 18.6 Å². The first-order chi connectivity index (χ1) is 8.11. The fourth-order valence-corrected chi connectivity index (χ4v) is 2.01. The van der Waals surface area contributed by atoms with Crippen LogP contribution in [0.4, 0.5) is 5.69 Å². The summed E-state index contributed by atoms with van der Waals surface area (Å²) in [5.74, 6) is -0.140. The van der Waals surface area contributed by atoms with Gasteiger partial charge in [0, 0.05) is 12.7 Å². The number of fused-ring (bicyclic) bond motifs is 1. The lowest BCUT2D eigenvalue weighted by molar-refractivity contribution is -0.142. The predicted molar refractivity (Wildman–Crippen MR) is 63.9 cm³/mol. The fraction of sp³-hybridized carbons (Fsp3) is 0.385. The van der Waals surface area contributed by atoms with E-state index in [0.29, 0.717) is 13.0 Å². The molecule has 1 heterocycles. The van der Waals surface area contributed by atoms with Gasteiger partial charge in [-0.1, -0.05) is 12.1 Å². The van der Waals surface area contributed by atoms with E-state index in [0.717, 1.165) is 16.8 Å². The van der Waals surface area contributed by atoms with E-state index >= 15 is 0 Å². The number of carbonyl (C=O) groups excluding carboxylic acids is 2. The highest BCUT2D eigenvalue weighted by atomic mass is 16.5. The Hall–Kier alpha value is -1.84. The zero-order valence-electron chi connectivity index (χ0n) is 10.0. The van der Waals surface area contributed by atoms with Crippen molar-refractivity contribution < 1.29 is 14.3 Å². The number of nitrogens with zero attached hydrogens (tertiary/aromatic N) is 1. The molecule has 0 radical (unpaired) electrons. The van der Waals surface area contributed by atoms with E-state index in [-0.39, 0.29) is 18.3 Å². The second-order valence-corrected chi connectivity index (χ2v) is 4.07. The van der Waals surface area contributed by atoms with Gasteiger partial charge in [-0.15, -0.1) is 0 Å². The van der Waals surface area contributed by atoms with Gasteiger partial charge < -0.3 is 9.64 Å². The summed E-state index contributed by atoms with van der Waals surface area (Å²) in [4.78, 5) is 24.5. The molecular weight excluding hydrogens is 218 g/mol. The number of likely N-dealkylation sites (N-methyl/N-ethyl adjacent to an activating group) is 1. The topological polar surface area (TPSA) is 46.6 Å². The van der Waals surface area contributed by atoms with Crippen molar-refractivity contribution in [3.05, 3.63) is 29.3 Å². The van der Waals surface area contributed by atoms with Gasteiger partial charge in [-0.25, -0.2) is 0 Å². The van der Waals surface area contributed by atoms with Crippen LogP contribution in [0.5, 0.6) is 0 Å². The number of carbonyl (C=O) groups is 2. The molecule has 0 aliphatic carbocycles. The maximum Gasteiger partial charge on any atom is 0.310 e. The number of amides is 1. The number of benzene rings is 1. The van der Waals surface area contributed by atoms with Crippen LogP contribution < -0.4 is 4.90 Å². The minimum absolute atomic E-state index is 0.0910. The standard InChI is InChI=1S/C13H15NO3/c1-3-17-13(16)7-9-4-5-11-10(6-9)8-12(15)14(11)2/h4-6H,3,7-8H2,1-2H3. The highest BCUT2D eigenvalue weighted by molar-refractivity contribution is 6.01. The van der Waals surface area contributed by atoms with E-state index in [1.807, 2.05) is 18.2 Å². The van der Waals surface area contributed by atoms with E-state index in [1.54, 1.807) is 18.9 Å². The number of hydrogen-bond donors (Lipinski definition) is 0. The smallest absolute Gasteiger partial charge is 0.310 e. The summed E-state index contributed by atoms with van der Waals surface area (Å²) < 4.78 is 4.89. The Morgan fingerprint density at radius 3 is 2.94 bits per heavy atom. The largest absolute Gasteiger partial charge is 0.466 e. The molecule has 4 heteroatoms. The normalized spacial score (nSPS) is 13.8. The average Bonchev–Trinajstić information content (AvgIpc) is 2.55. The van der Waals surface area contributed by atoms with Gasteiger partial charge in [0.05, 0.1) is 19.4 Å². The third-order valence-electron chi connectivity index (χ3n) is 2.87. The van der Waals surface area contributed by atoms with Crippen LogP contribution in [-0.2, 0) is 27.2 Å². The maximum absolute atomic E-state index is 11.5. The number of ether oxygens (including phenoxy) is 1. The third-order valence-corrected chi connectivity index (χ3v) is 2.87. The summed E-state index contributed by atoms with van der Waals surface area (Å²) in [6.07, 6.45) is 0.682. The highest BCUT2D eigenvalue weighted by Crippen LogP contribution is 2.28. The first kappa shape index (κ1) is 11.6. The zero-order chi connectivity index (χ0) is 12.4. The first-order valence-electron chi connectivity index (χ1n) is 5.65. The molecule has 90 valence electrons. The minimum Gasteiger partial charge on any atom is -0.466 e. The second-order valence-electron chi connectivity index (χ2n) is 4.07. The van der Waals surface area contributed by atoms with E-state index in [2.05, 4.69) is 0 Å². The molecule has 0 fully saturated rings. The van der Waals surface area contributed by atoms with Gasteiger partial charge in [-0.2, -0.15) is 0 Å². The van der Waals surface area contributed by atoms with E-state index in [9.17, 15) is 9.59 Å². The van der Waals surface area contributed by atoms with Crippen molar-refractivity contribution in [3.63, 3.8) is 0 Å². The quantitative estimate of drug-likeness (QED) is 0.739. The van der Waals surface area contributed by atoms with E-state index in [4.69, 9.17) is 4.74 Å². The molecular formula is C13H15NO3. The molecule has 1 aliphatic rings.